The van der Waals surface area contributed by atoms with Crippen LogP contribution in [0.5, 0.6) is 0 Å². The van der Waals surface area contributed by atoms with Gasteiger partial charge in [0.1, 0.15) is 0 Å². The monoisotopic (exact) mass is 148 g/mol. The molecule has 0 unspecified atom stereocenters. The van der Waals surface area contributed by atoms with Gasteiger partial charge in [-0.25, -0.2) is 0 Å². The zero-order chi connectivity index (χ0) is 7.11. The highest BCUT2D eigenvalue weighted by molar-refractivity contribution is 6.31. The molecule has 0 aliphatic rings. The van der Waals surface area contributed by atoms with Crippen molar-refractivity contribution in [2.75, 3.05) is 13.2 Å². The van der Waals surface area contributed by atoms with Crippen molar-refractivity contribution >= 4 is 11.6 Å². The lowest BCUT2D eigenvalue weighted by Gasteiger charge is -1.84. The summed E-state index contributed by atoms with van der Waals surface area (Å²) >= 11 is 5.46. The van der Waals surface area contributed by atoms with E-state index in [4.69, 9.17) is 21.8 Å². The Morgan fingerprint density at radius 3 is 2.44 bits per heavy atom. The zero-order valence-corrected chi connectivity index (χ0v) is 5.67. The van der Waals surface area contributed by atoms with Crippen LogP contribution in [-0.4, -0.2) is 23.4 Å². The van der Waals surface area contributed by atoms with Gasteiger partial charge in [0.2, 0.25) is 0 Å². The largest absolute Gasteiger partial charge is 0.392 e. The Morgan fingerprint density at radius 1 is 1.33 bits per heavy atom. The molecule has 0 aliphatic carbocycles. The van der Waals surface area contributed by atoms with Gasteiger partial charge in [0.25, 0.3) is 0 Å². The fourth-order valence-corrected chi connectivity index (χ4v) is 0.479. The number of rotatable bonds is 3. The second kappa shape index (κ2) is 5.82. The SMILES string of the molecule is OCC=CC(Cl)=CCO. The van der Waals surface area contributed by atoms with E-state index in [1.165, 1.54) is 18.2 Å². The first kappa shape index (κ1) is 8.69. The van der Waals surface area contributed by atoms with Crippen LogP contribution in [0.25, 0.3) is 0 Å². The summed E-state index contributed by atoms with van der Waals surface area (Å²) in [6.45, 7) is -0.107. The minimum atomic E-state index is -0.0748. The molecule has 0 bridgehead atoms. The van der Waals surface area contributed by atoms with E-state index in [9.17, 15) is 0 Å². The molecule has 0 rings (SSSR count). The van der Waals surface area contributed by atoms with Crippen LogP contribution in [0.1, 0.15) is 0 Å². The maximum atomic E-state index is 8.28. The van der Waals surface area contributed by atoms with Crippen LogP contribution in [0.3, 0.4) is 0 Å². The second-order valence-corrected chi connectivity index (χ2v) is 1.79. The van der Waals surface area contributed by atoms with E-state index in [1.807, 2.05) is 0 Å². The smallest absolute Gasteiger partial charge is 0.0629 e. The van der Waals surface area contributed by atoms with Gasteiger partial charge >= 0.3 is 0 Å². The fraction of sp³-hybridized carbons (Fsp3) is 0.333. The molecular formula is C6H9ClO2. The number of aliphatic hydroxyl groups excluding tert-OH is 2. The van der Waals surface area contributed by atoms with Crippen LogP contribution in [0.4, 0.5) is 0 Å². The third-order valence-electron chi connectivity index (χ3n) is 0.669. The third-order valence-corrected chi connectivity index (χ3v) is 0.949. The molecule has 0 heterocycles. The van der Waals surface area contributed by atoms with Gasteiger partial charge < -0.3 is 10.2 Å². The van der Waals surface area contributed by atoms with Gasteiger partial charge in [0.05, 0.1) is 13.2 Å². The number of hydrogen-bond donors (Lipinski definition) is 2. The van der Waals surface area contributed by atoms with Gasteiger partial charge in [-0.05, 0) is 12.2 Å². The first-order valence-electron chi connectivity index (χ1n) is 2.55. The summed E-state index contributed by atoms with van der Waals surface area (Å²) in [7, 11) is 0. The molecule has 0 fully saturated rings. The Morgan fingerprint density at radius 2 is 2.00 bits per heavy atom. The standard InChI is InChI=1S/C6H9ClO2/c7-6(3-5-9)2-1-4-8/h1-3,8-9H,4-5H2. The van der Waals surface area contributed by atoms with E-state index in [0.717, 1.165) is 0 Å². The van der Waals surface area contributed by atoms with Crippen molar-refractivity contribution in [1.82, 2.24) is 0 Å². The van der Waals surface area contributed by atoms with Crippen molar-refractivity contribution in [3.8, 4) is 0 Å². The number of halogens is 1. The highest BCUT2D eigenvalue weighted by atomic mass is 35.5. The Balaban J connectivity index is 3.60. The Kier molecular flexibility index (Phi) is 5.62. The molecule has 9 heavy (non-hydrogen) atoms. The molecule has 2 N–H and O–H groups in total. The van der Waals surface area contributed by atoms with Crippen LogP contribution in [0.15, 0.2) is 23.3 Å². The lowest BCUT2D eigenvalue weighted by molar-refractivity contribution is 0.341. The van der Waals surface area contributed by atoms with E-state index in [2.05, 4.69) is 0 Å². The van der Waals surface area contributed by atoms with Crippen LogP contribution < -0.4 is 0 Å². The van der Waals surface area contributed by atoms with Crippen molar-refractivity contribution in [1.29, 1.82) is 0 Å². The van der Waals surface area contributed by atoms with Crippen molar-refractivity contribution in [3.05, 3.63) is 23.3 Å². The average molecular weight is 149 g/mol. The van der Waals surface area contributed by atoms with Gasteiger partial charge in [-0.1, -0.05) is 17.7 Å². The molecule has 52 valence electrons. The molecule has 0 aliphatic heterocycles. The molecular weight excluding hydrogens is 140 g/mol. The highest BCUT2D eigenvalue weighted by Gasteiger charge is 1.79. The first-order chi connectivity index (χ1) is 4.31. The van der Waals surface area contributed by atoms with Crippen LogP contribution >= 0.6 is 11.6 Å². The quantitative estimate of drug-likeness (QED) is 0.577. The molecule has 0 spiro atoms. The number of allylic oxidation sites excluding steroid dienone is 2. The molecule has 0 radical (unpaired) electrons. The van der Waals surface area contributed by atoms with Gasteiger partial charge in [-0.3, -0.25) is 0 Å². The van der Waals surface area contributed by atoms with E-state index in [1.54, 1.807) is 0 Å². The van der Waals surface area contributed by atoms with E-state index in [0.29, 0.717) is 5.03 Å². The van der Waals surface area contributed by atoms with Gasteiger partial charge in [-0.2, -0.15) is 0 Å². The van der Waals surface area contributed by atoms with Crippen molar-refractivity contribution < 1.29 is 10.2 Å². The Labute approximate surface area is 59.1 Å². The van der Waals surface area contributed by atoms with Crippen LogP contribution in [0, 0.1) is 0 Å². The van der Waals surface area contributed by atoms with Gasteiger partial charge in [0, 0.05) is 5.03 Å². The van der Waals surface area contributed by atoms with Crippen LogP contribution in [0.2, 0.25) is 0 Å². The minimum absolute atomic E-state index is 0.0323. The minimum Gasteiger partial charge on any atom is -0.392 e. The lowest BCUT2D eigenvalue weighted by Crippen LogP contribution is -1.75. The maximum absolute atomic E-state index is 8.28. The molecule has 0 aromatic rings. The topological polar surface area (TPSA) is 40.5 Å². The number of aliphatic hydroxyl groups is 2. The zero-order valence-electron chi connectivity index (χ0n) is 4.92. The van der Waals surface area contributed by atoms with Gasteiger partial charge in [-0.15, -0.1) is 0 Å². The molecule has 0 aromatic carbocycles. The van der Waals surface area contributed by atoms with Crippen LogP contribution in [-0.2, 0) is 0 Å². The molecule has 2 nitrogen and oxygen atoms in total. The van der Waals surface area contributed by atoms with E-state index >= 15 is 0 Å². The molecule has 0 saturated carbocycles. The van der Waals surface area contributed by atoms with Crippen molar-refractivity contribution in [2.24, 2.45) is 0 Å². The molecule has 3 heteroatoms. The average Bonchev–Trinajstić information content (AvgIpc) is 1.85. The summed E-state index contributed by atoms with van der Waals surface area (Å²) < 4.78 is 0. The molecule has 0 aromatic heterocycles. The second-order valence-electron chi connectivity index (χ2n) is 1.36. The summed E-state index contributed by atoms with van der Waals surface area (Å²) in [5.74, 6) is 0. The summed E-state index contributed by atoms with van der Waals surface area (Å²) in [6, 6.07) is 0. The summed E-state index contributed by atoms with van der Waals surface area (Å²) in [6.07, 6.45) is 4.46. The van der Waals surface area contributed by atoms with Crippen molar-refractivity contribution in [2.45, 2.75) is 0 Å². The lowest BCUT2D eigenvalue weighted by atomic mass is 10.4. The van der Waals surface area contributed by atoms with Gasteiger partial charge in [0.15, 0.2) is 0 Å². The Hall–Kier alpha value is -0.310. The predicted molar refractivity (Wildman–Crippen MR) is 37.2 cm³/mol. The third kappa shape index (κ3) is 5.56. The van der Waals surface area contributed by atoms with Crippen molar-refractivity contribution in [3.63, 3.8) is 0 Å². The molecule has 0 saturated heterocycles. The predicted octanol–water partition coefficient (Wildman–Crippen LogP) is 0.650. The summed E-state index contributed by atoms with van der Waals surface area (Å²) in [5, 5.41) is 17.0. The summed E-state index contributed by atoms with van der Waals surface area (Å²) in [5.41, 5.74) is 0. The maximum Gasteiger partial charge on any atom is 0.0629 e. The first-order valence-corrected chi connectivity index (χ1v) is 2.93. The fourth-order valence-electron chi connectivity index (χ4n) is 0.321. The van der Waals surface area contributed by atoms with E-state index in [-0.39, 0.29) is 13.2 Å². The summed E-state index contributed by atoms with van der Waals surface area (Å²) in [4.78, 5) is 0. The number of hydrogen-bond acceptors (Lipinski definition) is 2. The highest BCUT2D eigenvalue weighted by Crippen LogP contribution is 2.00. The normalized spacial score (nSPS) is 13.0. The Bertz CT molecular complexity index is 118. The van der Waals surface area contributed by atoms with E-state index < -0.39 is 0 Å². The molecule has 0 amide bonds. The molecule has 0 atom stereocenters.